The van der Waals surface area contributed by atoms with E-state index in [2.05, 4.69) is 13.8 Å². The molecule has 0 radical (unpaired) electrons. The third-order valence-electron chi connectivity index (χ3n) is 2.60. The summed E-state index contributed by atoms with van der Waals surface area (Å²) in [5.41, 5.74) is 0. The number of hydrogen-bond donors (Lipinski definition) is 1. The van der Waals surface area contributed by atoms with Gasteiger partial charge in [0.2, 0.25) is 0 Å². The zero-order valence-corrected chi connectivity index (χ0v) is 10.4. The van der Waals surface area contributed by atoms with Gasteiger partial charge in [-0.3, -0.25) is 4.79 Å². The minimum absolute atomic E-state index is 0.449. The molecular weight excluding hydrogens is 216 g/mol. The minimum Gasteiger partial charge on any atom is -0.480 e. The van der Waals surface area contributed by atoms with E-state index in [1.54, 1.807) is 23.5 Å². The van der Waals surface area contributed by atoms with Gasteiger partial charge < -0.3 is 5.11 Å². The molecule has 2 atom stereocenters. The molecule has 0 aliphatic carbocycles. The van der Waals surface area contributed by atoms with Crippen LogP contribution in [-0.2, 0) is 4.79 Å². The number of carbonyl (C=O) groups is 1. The van der Waals surface area contributed by atoms with Crippen molar-refractivity contribution in [3.8, 4) is 0 Å². The summed E-state index contributed by atoms with van der Waals surface area (Å²) in [5.74, 6) is 1.28. The molecule has 0 aromatic heterocycles. The van der Waals surface area contributed by atoms with Crippen molar-refractivity contribution in [3.05, 3.63) is 0 Å². The van der Waals surface area contributed by atoms with Gasteiger partial charge in [-0.2, -0.15) is 11.8 Å². The van der Waals surface area contributed by atoms with Crippen molar-refractivity contribution in [1.82, 2.24) is 0 Å². The number of hydrogen-bond acceptors (Lipinski definition) is 3. The summed E-state index contributed by atoms with van der Waals surface area (Å²) >= 11 is 3.44. The fourth-order valence-electron chi connectivity index (χ4n) is 1.55. The third-order valence-corrected chi connectivity index (χ3v) is 5.76. The van der Waals surface area contributed by atoms with Crippen molar-refractivity contribution in [3.63, 3.8) is 0 Å². The lowest BCUT2D eigenvalue weighted by Crippen LogP contribution is -2.41. The molecule has 0 amide bonds. The Hall–Kier alpha value is 0.170. The molecule has 0 bridgehead atoms. The first-order valence-electron chi connectivity index (χ1n) is 5.09. The Morgan fingerprint density at radius 1 is 1.71 bits per heavy atom. The quantitative estimate of drug-likeness (QED) is 0.811. The molecule has 1 heterocycles. The van der Waals surface area contributed by atoms with E-state index in [1.807, 2.05) is 0 Å². The Bertz CT molecular complexity index is 200. The van der Waals surface area contributed by atoms with Crippen LogP contribution >= 0.6 is 23.5 Å². The van der Waals surface area contributed by atoms with Crippen LogP contribution in [0, 0.1) is 0 Å². The fourth-order valence-corrected chi connectivity index (χ4v) is 4.46. The van der Waals surface area contributed by atoms with E-state index < -0.39 is 10.7 Å². The lowest BCUT2D eigenvalue weighted by atomic mass is 10.1. The van der Waals surface area contributed by atoms with Crippen LogP contribution in [0.3, 0.4) is 0 Å². The molecule has 2 unspecified atom stereocenters. The summed E-state index contributed by atoms with van der Waals surface area (Å²) < 4.78 is -0.502. The van der Waals surface area contributed by atoms with Crippen molar-refractivity contribution >= 4 is 29.5 Å². The normalized spacial score (nSPS) is 29.9. The van der Waals surface area contributed by atoms with Crippen molar-refractivity contribution in [2.45, 2.75) is 43.1 Å². The Kier molecular flexibility index (Phi) is 4.64. The molecule has 82 valence electrons. The molecule has 0 spiro atoms. The highest BCUT2D eigenvalue weighted by atomic mass is 32.2. The van der Waals surface area contributed by atoms with Crippen LogP contribution in [0.5, 0.6) is 0 Å². The van der Waals surface area contributed by atoms with E-state index in [0.717, 1.165) is 30.8 Å². The van der Waals surface area contributed by atoms with Crippen LogP contribution in [0.4, 0.5) is 0 Å². The van der Waals surface area contributed by atoms with Gasteiger partial charge in [0.05, 0.1) is 0 Å². The highest BCUT2D eigenvalue weighted by Crippen LogP contribution is 2.41. The average molecular weight is 234 g/mol. The lowest BCUT2D eigenvalue weighted by Gasteiger charge is -2.34. The van der Waals surface area contributed by atoms with Gasteiger partial charge >= 0.3 is 5.97 Å². The van der Waals surface area contributed by atoms with Gasteiger partial charge in [0.1, 0.15) is 4.75 Å². The van der Waals surface area contributed by atoms with Crippen LogP contribution in [0.25, 0.3) is 0 Å². The zero-order chi connectivity index (χ0) is 10.6. The molecule has 14 heavy (non-hydrogen) atoms. The first-order valence-corrected chi connectivity index (χ1v) is 7.13. The van der Waals surface area contributed by atoms with E-state index >= 15 is 0 Å². The molecular formula is C10H18O2S2. The van der Waals surface area contributed by atoms with Crippen LogP contribution in [0.1, 0.15) is 33.1 Å². The summed E-state index contributed by atoms with van der Waals surface area (Å²) in [6.45, 7) is 4.23. The summed E-state index contributed by atoms with van der Waals surface area (Å²) in [7, 11) is 0. The SMILES string of the molecule is CCC(C)SC1(C(=O)O)CCCSC1. The van der Waals surface area contributed by atoms with Crippen molar-refractivity contribution in [2.24, 2.45) is 0 Å². The number of carboxylic acid groups (broad SMARTS) is 1. The molecule has 1 aliphatic heterocycles. The second-order valence-corrected chi connectivity index (χ2v) is 6.72. The molecule has 1 rings (SSSR count). The van der Waals surface area contributed by atoms with E-state index in [1.165, 1.54) is 0 Å². The number of thioether (sulfide) groups is 2. The Morgan fingerprint density at radius 2 is 2.43 bits per heavy atom. The highest BCUT2D eigenvalue weighted by Gasteiger charge is 2.41. The van der Waals surface area contributed by atoms with Gasteiger partial charge in [-0.25, -0.2) is 0 Å². The van der Waals surface area contributed by atoms with Gasteiger partial charge in [0.25, 0.3) is 0 Å². The molecule has 0 saturated carbocycles. The highest BCUT2D eigenvalue weighted by molar-refractivity contribution is 8.05. The number of aliphatic carboxylic acids is 1. The fraction of sp³-hybridized carbons (Fsp3) is 0.900. The van der Waals surface area contributed by atoms with Crippen molar-refractivity contribution in [2.75, 3.05) is 11.5 Å². The third kappa shape index (κ3) is 2.83. The van der Waals surface area contributed by atoms with Crippen molar-refractivity contribution < 1.29 is 9.90 Å². The van der Waals surface area contributed by atoms with E-state index in [4.69, 9.17) is 0 Å². The summed E-state index contributed by atoms with van der Waals surface area (Å²) in [4.78, 5) is 11.3. The second kappa shape index (κ2) is 5.31. The van der Waals surface area contributed by atoms with Gasteiger partial charge in [0, 0.05) is 11.0 Å². The Labute approximate surface area is 94.2 Å². The monoisotopic (exact) mass is 234 g/mol. The second-order valence-electron chi connectivity index (χ2n) is 3.79. The van der Waals surface area contributed by atoms with Crippen LogP contribution in [0.15, 0.2) is 0 Å². The number of rotatable bonds is 4. The van der Waals surface area contributed by atoms with E-state index in [9.17, 15) is 9.90 Å². The topological polar surface area (TPSA) is 37.3 Å². The van der Waals surface area contributed by atoms with Gasteiger partial charge in [-0.1, -0.05) is 13.8 Å². The summed E-state index contributed by atoms with van der Waals surface area (Å²) in [5, 5.41) is 9.75. The van der Waals surface area contributed by atoms with Gasteiger partial charge in [-0.15, -0.1) is 11.8 Å². The maximum Gasteiger partial charge on any atom is 0.320 e. The zero-order valence-electron chi connectivity index (χ0n) is 8.78. The predicted octanol–water partition coefficient (Wildman–Crippen LogP) is 2.87. The minimum atomic E-state index is -0.616. The van der Waals surface area contributed by atoms with E-state index in [0.29, 0.717) is 5.25 Å². The maximum atomic E-state index is 11.3. The molecule has 4 heteroatoms. The van der Waals surface area contributed by atoms with Crippen molar-refractivity contribution in [1.29, 1.82) is 0 Å². The first kappa shape index (κ1) is 12.2. The number of carboxylic acids is 1. The molecule has 1 fully saturated rings. The maximum absolute atomic E-state index is 11.3. The molecule has 1 aliphatic rings. The standard InChI is InChI=1S/C10H18O2S2/c1-3-8(2)14-10(9(11)12)5-4-6-13-7-10/h8H,3-7H2,1-2H3,(H,11,12). The van der Waals surface area contributed by atoms with Crippen LogP contribution in [-0.4, -0.2) is 32.6 Å². The van der Waals surface area contributed by atoms with Gasteiger partial charge in [-0.05, 0) is 25.0 Å². The molecule has 1 saturated heterocycles. The Balaban J connectivity index is 2.65. The summed E-state index contributed by atoms with van der Waals surface area (Å²) in [6, 6.07) is 0. The molecule has 2 nitrogen and oxygen atoms in total. The smallest absolute Gasteiger partial charge is 0.320 e. The average Bonchev–Trinajstić information content (AvgIpc) is 2.19. The van der Waals surface area contributed by atoms with Crippen LogP contribution < -0.4 is 0 Å². The van der Waals surface area contributed by atoms with E-state index in [-0.39, 0.29) is 0 Å². The largest absolute Gasteiger partial charge is 0.480 e. The summed E-state index contributed by atoms with van der Waals surface area (Å²) in [6.07, 6.45) is 2.93. The lowest BCUT2D eigenvalue weighted by molar-refractivity contribution is -0.139. The molecule has 1 N–H and O–H groups in total. The predicted molar refractivity (Wildman–Crippen MR) is 64.3 cm³/mol. The van der Waals surface area contributed by atoms with Gasteiger partial charge in [0.15, 0.2) is 0 Å². The Morgan fingerprint density at radius 3 is 2.86 bits per heavy atom. The first-order chi connectivity index (χ1) is 6.60. The van der Waals surface area contributed by atoms with Crippen LogP contribution in [0.2, 0.25) is 0 Å². The molecule has 0 aromatic rings. The molecule has 0 aromatic carbocycles.